The van der Waals surface area contributed by atoms with Gasteiger partial charge in [-0.1, -0.05) is 36.4 Å². The molecule has 3 atom stereocenters. The summed E-state index contributed by atoms with van der Waals surface area (Å²) in [5.74, 6) is 2.49. The summed E-state index contributed by atoms with van der Waals surface area (Å²) < 4.78 is 0. The lowest BCUT2D eigenvalue weighted by Gasteiger charge is -2.19. The van der Waals surface area contributed by atoms with Crippen molar-refractivity contribution in [2.45, 2.75) is 12.8 Å². The number of fused-ring (bicyclic) bond motifs is 1. The van der Waals surface area contributed by atoms with Gasteiger partial charge in [0.15, 0.2) is 0 Å². The Balaban J connectivity index is 1.11. The number of pyridine rings is 1. The van der Waals surface area contributed by atoms with Gasteiger partial charge < -0.3 is 10.2 Å². The second-order valence-corrected chi connectivity index (χ2v) is 7.69. The number of piperidine rings is 1. The fourth-order valence-electron chi connectivity index (χ4n) is 4.35. The first kappa shape index (κ1) is 17.9. The zero-order valence-corrected chi connectivity index (χ0v) is 15.6. The molecule has 4 nitrogen and oxygen atoms in total. The molecule has 0 unspecified atom stereocenters. The van der Waals surface area contributed by atoms with E-state index in [9.17, 15) is 4.79 Å². The average Bonchev–Trinajstić information content (AvgIpc) is 3.16. The largest absolute Gasteiger partial charge is 0.353 e. The van der Waals surface area contributed by atoms with Gasteiger partial charge in [0.05, 0.1) is 0 Å². The highest BCUT2D eigenvalue weighted by molar-refractivity contribution is 5.91. The fourth-order valence-corrected chi connectivity index (χ4v) is 4.35. The number of carbonyl (C=O) groups excluding carboxylic acids is 1. The molecule has 2 heterocycles. The van der Waals surface area contributed by atoms with E-state index < -0.39 is 0 Å². The molecule has 1 aliphatic carbocycles. The quantitative estimate of drug-likeness (QED) is 0.735. The van der Waals surface area contributed by atoms with Gasteiger partial charge in [0.25, 0.3) is 0 Å². The highest BCUT2D eigenvalue weighted by Crippen LogP contribution is 2.53. The third kappa shape index (κ3) is 4.83. The number of carbonyl (C=O) groups is 1. The molecule has 4 heteroatoms. The normalized spacial score (nSPS) is 24.1. The Morgan fingerprint density at radius 3 is 2.70 bits per heavy atom. The maximum absolute atomic E-state index is 11.9. The molecule has 1 aromatic carbocycles. The molecule has 1 N–H and O–H groups in total. The number of hydrogen-bond acceptors (Lipinski definition) is 3. The summed E-state index contributed by atoms with van der Waals surface area (Å²) in [6.07, 6.45) is 9.12. The Kier molecular flexibility index (Phi) is 5.64. The number of aromatic nitrogens is 1. The van der Waals surface area contributed by atoms with Crippen LogP contribution in [-0.2, 0) is 11.2 Å². The zero-order valence-electron chi connectivity index (χ0n) is 15.6. The summed E-state index contributed by atoms with van der Waals surface area (Å²) in [7, 11) is 0. The SMILES string of the molecule is O=C(/C=C/c1cccnc1)NCC[C@@H]1[C@H]2CN(CCc3ccccc3)C[C@@H]12. The lowest BCUT2D eigenvalue weighted by Crippen LogP contribution is -2.28. The Morgan fingerprint density at radius 2 is 1.96 bits per heavy atom. The van der Waals surface area contributed by atoms with E-state index in [0.29, 0.717) is 0 Å². The predicted molar refractivity (Wildman–Crippen MR) is 108 cm³/mol. The molecule has 2 fully saturated rings. The maximum atomic E-state index is 11.9. The van der Waals surface area contributed by atoms with Crippen LogP contribution in [0.1, 0.15) is 17.5 Å². The van der Waals surface area contributed by atoms with Crippen molar-refractivity contribution in [3.05, 3.63) is 72.1 Å². The van der Waals surface area contributed by atoms with Crippen LogP contribution in [0.2, 0.25) is 0 Å². The molecule has 1 amide bonds. The van der Waals surface area contributed by atoms with Crippen LogP contribution in [0.15, 0.2) is 60.9 Å². The zero-order chi connectivity index (χ0) is 18.5. The molecule has 1 aliphatic heterocycles. The van der Waals surface area contributed by atoms with Crippen LogP contribution in [0.3, 0.4) is 0 Å². The minimum atomic E-state index is -0.0193. The van der Waals surface area contributed by atoms with Gasteiger partial charge in [0.2, 0.25) is 5.91 Å². The molecular weight excluding hydrogens is 334 g/mol. The van der Waals surface area contributed by atoms with Crippen LogP contribution in [0.5, 0.6) is 0 Å². The molecule has 140 valence electrons. The second kappa shape index (κ2) is 8.49. The van der Waals surface area contributed by atoms with Gasteiger partial charge in [-0.2, -0.15) is 0 Å². The number of rotatable bonds is 8. The first-order valence-electron chi connectivity index (χ1n) is 9.92. The molecule has 1 aromatic heterocycles. The van der Waals surface area contributed by atoms with Crippen LogP contribution in [0.4, 0.5) is 0 Å². The van der Waals surface area contributed by atoms with Gasteiger partial charge in [0.1, 0.15) is 0 Å². The Bertz CT molecular complexity index is 763. The van der Waals surface area contributed by atoms with E-state index in [1.807, 2.05) is 12.1 Å². The van der Waals surface area contributed by atoms with E-state index in [1.165, 1.54) is 25.2 Å². The summed E-state index contributed by atoms with van der Waals surface area (Å²) in [5, 5.41) is 3.01. The Labute approximate surface area is 161 Å². The summed E-state index contributed by atoms with van der Waals surface area (Å²) in [5.41, 5.74) is 2.37. The van der Waals surface area contributed by atoms with E-state index in [-0.39, 0.29) is 5.91 Å². The molecule has 0 radical (unpaired) electrons. The Morgan fingerprint density at radius 1 is 1.15 bits per heavy atom. The first-order chi connectivity index (χ1) is 13.3. The van der Waals surface area contributed by atoms with Crippen molar-refractivity contribution >= 4 is 12.0 Å². The molecule has 0 spiro atoms. The minimum Gasteiger partial charge on any atom is -0.353 e. The van der Waals surface area contributed by atoms with Crippen molar-refractivity contribution in [2.24, 2.45) is 17.8 Å². The van der Waals surface area contributed by atoms with E-state index in [1.54, 1.807) is 24.5 Å². The van der Waals surface area contributed by atoms with E-state index in [0.717, 1.165) is 42.7 Å². The monoisotopic (exact) mass is 361 g/mol. The number of hydrogen-bond donors (Lipinski definition) is 1. The van der Waals surface area contributed by atoms with Crippen LogP contribution in [0, 0.1) is 17.8 Å². The molecule has 0 bridgehead atoms. The summed E-state index contributed by atoms with van der Waals surface area (Å²) in [6.45, 7) is 4.41. The number of likely N-dealkylation sites (tertiary alicyclic amines) is 1. The lowest BCUT2D eigenvalue weighted by molar-refractivity contribution is -0.116. The van der Waals surface area contributed by atoms with Gasteiger partial charge in [-0.15, -0.1) is 0 Å². The van der Waals surface area contributed by atoms with Crippen molar-refractivity contribution in [3.8, 4) is 0 Å². The van der Waals surface area contributed by atoms with E-state index in [2.05, 4.69) is 45.5 Å². The number of benzene rings is 1. The molecule has 2 aromatic rings. The molecular formula is C23H27N3O. The van der Waals surface area contributed by atoms with Gasteiger partial charge in [0, 0.05) is 44.6 Å². The van der Waals surface area contributed by atoms with Gasteiger partial charge >= 0.3 is 0 Å². The van der Waals surface area contributed by atoms with Gasteiger partial charge in [-0.25, -0.2) is 0 Å². The van der Waals surface area contributed by atoms with Crippen LogP contribution in [0.25, 0.3) is 6.08 Å². The third-order valence-electron chi connectivity index (χ3n) is 5.89. The topological polar surface area (TPSA) is 45.2 Å². The summed E-state index contributed by atoms with van der Waals surface area (Å²) >= 11 is 0. The van der Waals surface area contributed by atoms with Gasteiger partial charge in [-0.05, 0) is 53.9 Å². The third-order valence-corrected chi connectivity index (χ3v) is 5.89. The number of amides is 1. The second-order valence-electron chi connectivity index (χ2n) is 7.69. The van der Waals surface area contributed by atoms with Crippen LogP contribution in [-0.4, -0.2) is 42.0 Å². The maximum Gasteiger partial charge on any atom is 0.244 e. The molecule has 2 aliphatic rings. The summed E-state index contributed by atoms with van der Waals surface area (Å²) in [4.78, 5) is 18.6. The smallest absolute Gasteiger partial charge is 0.244 e. The first-order valence-corrected chi connectivity index (χ1v) is 9.92. The lowest BCUT2D eigenvalue weighted by atomic mass is 10.1. The average molecular weight is 361 g/mol. The summed E-state index contributed by atoms with van der Waals surface area (Å²) in [6, 6.07) is 14.5. The van der Waals surface area contributed by atoms with Gasteiger partial charge in [-0.3, -0.25) is 9.78 Å². The van der Waals surface area contributed by atoms with Crippen molar-refractivity contribution in [2.75, 3.05) is 26.2 Å². The van der Waals surface area contributed by atoms with Crippen LogP contribution >= 0.6 is 0 Å². The number of nitrogens with one attached hydrogen (secondary N) is 1. The molecule has 4 rings (SSSR count). The van der Waals surface area contributed by atoms with Crippen LogP contribution < -0.4 is 5.32 Å². The van der Waals surface area contributed by atoms with Crippen molar-refractivity contribution < 1.29 is 4.79 Å². The molecule has 1 saturated carbocycles. The fraction of sp³-hybridized carbons (Fsp3) is 0.391. The molecule has 27 heavy (non-hydrogen) atoms. The van der Waals surface area contributed by atoms with E-state index >= 15 is 0 Å². The van der Waals surface area contributed by atoms with Crippen molar-refractivity contribution in [3.63, 3.8) is 0 Å². The van der Waals surface area contributed by atoms with Crippen molar-refractivity contribution in [1.29, 1.82) is 0 Å². The van der Waals surface area contributed by atoms with Crippen molar-refractivity contribution in [1.82, 2.24) is 15.2 Å². The minimum absolute atomic E-state index is 0.0193. The van der Waals surface area contributed by atoms with E-state index in [4.69, 9.17) is 0 Å². The highest BCUT2D eigenvalue weighted by Gasteiger charge is 2.54. The standard InChI is InChI=1S/C23H27N3O/c27-23(9-8-19-7-4-12-24-15-19)25-13-10-20-21-16-26(17-22(20)21)14-11-18-5-2-1-3-6-18/h1-9,12,15,20-22H,10-11,13-14,16-17H2,(H,25,27)/b9-8+/t20-,21-,22+. The predicted octanol–water partition coefficient (Wildman–Crippen LogP) is 3.02. The molecule has 1 saturated heterocycles. The highest BCUT2D eigenvalue weighted by atomic mass is 16.1. The number of nitrogens with zero attached hydrogens (tertiary/aromatic N) is 2. The Hall–Kier alpha value is -2.46.